The molecular formula is C28H24O8. The van der Waals surface area contributed by atoms with E-state index in [0.717, 1.165) is 5.56 Å². The average Bonchev–Trinajstić information content (AvgIpc) is 2.83. The summed E-state index contributed by atoms with van der Waals surface area (Å²) in [5, 5.41) is 20.9. The molecule has 2 N–H and O–H groups in total. The van der Waals surface area contributed by atoms with Crippen LogP contribution in [-0.2, 0) is 4.79 Å². The standard InChI is InChI=1S/C28H24O8/c1-14(2)34-21-7-5-4-6-16(21)17-11-25(32)35-24-13-20(31)27-19(30)12-23(36-28(27)26(17)24)15-8-9-22(33-3)18(29)10-15/h4-10,12-14,17,29,31H,11H2,1-3H3/t17-/m1/s1. The predicted octanol–water partition coefficient (Wildman–Crippen LogP) is 5.11. The van der Waals surface area contributed by atoms with Crippen molar-refractivity contribution in [3.8, 4) is 40.1 Å². The minimum Gasteiger partial charge on any atom is -0.507 e. The molecule has 4 aromatic rings. The van der Waals surface area contributed by atoms with Crippen LogP contribution in [0.25, 0.3) is 22.3 Å². The van der Waals surface area contributed by atoms with Crippen molar-refractivity contribution in [3.63, 3.8) is 0 Å². The van der Waals surface area contributed by atoms with Gasteiger partial charge in [0, 0.05) is 34.7 Å². The number of methoxy groups -OCH3 is 1. The fourth-order valence-corrected chi connectivity index (χ4v) is 4.54. The molecule has 1 atom stereocenters. The highest BCUT2D eigenvalue weighted by Gasteiger charge is 2.35. The number of benzene rings is 3. The minimum absolute atomic E-state index is 0.0113. The van der Waals surface area contributed by atoms with Crippen LogP contribution in [0.4, 0.5) is 0 Å². The maximum absolute atomic E-state index is 13.2. The number of phenols is 2. The zero-order chi connectivity index (χ0) is 25.6. The number of carbonyl (C=O) groups excluding carboxylic acids is 1. The monoisotopic (exact) mass is 488 g/mol. The van der Waals surface area contributed by atoms with Crippen molar-refractivity contribution in [2.75, 3.05) is 7.11 Å². The molecule has 1 aliphatic rings. The van der Waals surface area contributed by atoms with Crippen molar-refractivity contribution in [1.82, 2.24) is 0 Å². The van der Waals surface area contributed by atoms with Crippen LogP contribution >= 0.6 is 0 Å². The molecule has 8 heteroatoms. The van der Waals surface area contributed by atoms with Gasteiger partial charge >= 0.3 is 5.97 Å². The number of fused-ring (bicyclic) bond motifs is 3. The van der Waals surface area contributed by atoms with Gasteiger partial charge in [0.1, 0.15) is 34.0 Å². The Balaban J connectivity index is 1.78. The van der Waals surface area contributed by atoms with Gasteiger partial charge in [0.25, 0.3) is 0 Å². The van der Waals surface area contributed by atoms with Crippen LogP contribution in [0.2, 0.25) is 0 Å². The molecule has 0 saturated heterocycles. The topological polar surface area (TPSA) is 115 Å². The Morgan fingerprint density at radius 1 is 0.972 bits per heavy atom. The summed E-state index contributed by atoms with van der Waals surface area (Å²) in [5.74, 6) is -0.377. The molecule has 36 heavy (non-hydrogen) atoms. The molecule has 184 valence electrons. The molecule has 3 aromatic carbocycles. The molecule has 2 heterocycles. The molecule has 0 amide bonds. The summed E-state index contributed by atoms with van der Waals surface area (Å²) in [5.41, 5.74) is 1.23. The average molecular weight is 488 g/mol. The molecule has 0 aliphatic carbocycles. The Morgan fingerprint density at radius 3 is 2.47 bits per heavy atom. The second-order valence-electron chi connectivity index (χ2n) is 8.81. The van der Waals surface area contributed by atoms with E-state index in [4.69, 9.17) is 18.6 Å². The first-order chi connectivity index (χ1) is 17.3. The first-order valence-corrected chi connectivity index (χ1v) is 11.4. The van der Waals surface area contributed by atoms with Crippen LogP contribution in [0.3, 0.4) is 0 Å². The van der Waals surface area contributed by atoms with Gasteiger partial charge in [-0.05, 0) is 38.1 Å². The van der Waals surface area contributed by atoms with Crippen molar-refractivity contribution >= 4 is 16.9 Å². The van der Waals surface area contributed by atoms with E-state index in [-0.39, 0.29) is 52.3 Å². The van der Waals surface area contributed by atoms with Crippen molar-refractivity contribution in [2.24, 2.45) is 0 Å². The van der Waals surface area contributed by atoms with Crippen LogP contribution < -0.4 is 19.6 Å². The summed E-state index contributed by atoms with van der Waals surface area (Å²) in [6, 6.07) is 14.5. The van der Waals surface area contributed by atoms with E-state index < -0.39 is 17.3 Å². The van der Waals surface area contributed by atoms with E-state index in [1.165, 1.54) is 25.3 Å². The van der Waals surface area contributed by atoms with E-state index in [0.29, 0.717) is 16.9 Å². The molecule has 0 unspecified atom stereocenters. The highest BCUT2D eigenvalue weighted by atomic mass is 16.5. The van der Waals surface area contributed by atoms with Gasteiger partial charge in [0.15, 0.2) is 16.9 Å². The van der Waals surface area contributed by atoms with Gasteiger partial charge in [-0.15, -0.1) is 0 Å². The second-order valence-corrected chi connectivity index (χ2v) is 8.81. The lowest BCUT2D eigenvalue weighted by atomic mass is 9.84. The maximum atomic E-state index is 13.2. The molecule has 0 spiro atoms. The Bertz CT molecular complexity index is 1550. The van der Waals surface area contributed by atoms with Crippen LogP contribution in [0.5, 0.6) is 28.7 Å². The number of hydrogen-bond acceptors (Lipinski definition) is 8. The number of para-hydroxylation sites is 1. The Hall–Kier alpha value is -4.46. The second kappa shape index (κ2) is 8.96. The lowest BCUT2D eigenvalue weighted by molar-refractivity contribution is -0.135. The van der Waals surface area contributed by atoms with Gasteiger partial charge in [-0.2, -0.15) is 0 Å². The smallest absolute Gasteiger partial charge is 0.312 e. The molecule has 0 fully saturated rings. The number of carbonyl (C=O) groups is 1. The third kappa shape index (κ3) is 4.00. The first-order valence-electron chi connectivity index (χ1n) is 11.4. The molecule has 5 rings (SSSR count). The lowest BCUT2D eigenvalue weighted by Crippen LogP contribution is -2.22. The number of hydrogen-bond donors (Lipinski definition) is 2. The zero-order valence-electron chi connectivity index (χ0n) is 19.9. The van der Waals surface area contributed by atoms with E-state index >= 15 is 0 Å². The summed E-state index contributed by atoms with van der Waals surface area (Å²) < 4.78 is 22.8. The largest absolute Gasteiger partial charge is 0.507 e. The van der Waals surface area contributed by atoms with Gasteiger partial charge in [-0.1, -0.05) is 18.2 Å². The third-order valence-electron chi connectivity index (χ3n) is 6.05. The van der Waals surface area contributed by atoms with Crippen LogP contribution in [0, 0.1) is 0 Å². The molecule has 0 radical (unpaired) electrons. The number of esters is 1. The summed E-state index contributed by atoms with van der Waals surface area (Å²) in [7, 11) is 1.43. The Morgan fingerprint density at radius 2 is 1.75 bits per heavy atom. The van der Waals surface area contributed by atoms with Crippen molar-refractivity contribution in [2.45, 2.75) is 32.3 Å². The fraction of sp³-hybridized carbons (Fsp3) is 0.214. The summed E-state index contributed by atoms with van der Waals surface area (Å²) in [6.07, 6.45) is -0.118. The highest BCUT2D eigenvalue weighted by molar-refractivity contribution is 5.93. The molecule has 1 aromatic heterocycles. The van der Waals surface area contributed by atoms with Gasteiger partial charge in [-0.25, -0.2) is 0 Å². The van der Waals surface area contributed by atoms with Crippen LogP contribution in [-0.4, -0.2) is 29.4 Å². The van der Waals surface area contributed by atoms with Crippen LogP contribution in [0.15, 0.2) is 63.8 Å². The molecule has 0 bridgehead atoms. The Kier molecular flexibility index (Phi) is 5.80. The van der Waals surface area contributed by atoms with Crippen molar-refractivity contribution in [3.05, 3.63) is 75.9 Å². The van der Waals surface area contributed by atoms with Gasteiger partial charge in [0.2, 0.25) is 0 Å². The van der Waals surface area contributed by atoms with E-state index in [2.05, 4.69) is 0 Å². The summed E-state index contributed by atoms with van der Waals surface area (Å²) in [6.45, 7) is 3.81. The number of aromatic hydroxyl groups is 2. The van der Waals surface area contributed by atoms with Gasteiger partial charge in [-0.3, -0.25) is 9.59 Å². The molecule has 0 saturated carbocycles. The summed E-state index contributed by atoms with van der Waals surface area (Å²) >= 11 is 0. The van der Waals surface area contributed by atoms with E-state index in [1.807, 2.05) is 38.1 Å². The maximum Gasteiger partial charge on any atom is 0.312 e. The van der Waals surface area contributed by atoms with E-state index in [9.17, 15) is 19.8 Å². The zero-order valence-corrected chi connectivity index (χ0v) is 19.9. The van der Waals surface area contributed by atoms with Crippen molar-refractivity contribution in [1.29, 1.82) is 0 Å². The fourth-order valence-electron chi connectivity index (χ4n) is 4.54. The molecular weight excluding hydrogens is 464 g/mol. The molecule has 1 aliphatic heterocycles. The summed E-state index contributed by atoms with van der Waals surface area (Å²) in [4.78, 5) is 25.7. The predicted molar refractivity (Wildman–Crippen MR) is 132 cm³/mol. The SMILES string of the molecule is COc1ccc(-c2cc(=O)c3c(O)cc4c(c3o2)[C@@H](c2ccccc2OC(C)C)CC(=O)O4)cc1O. The first kappa shape index (κ1) is 23.3. The lowest BCUT2D eigenvalue weighted by Gasteiger charge is -2.27. The normalized spacial score (nSPS) is 15.0. The van der Waals surface area contributed by atoms with E-state index in [1.54, 1.807) is 12.1 Å². The number of rotatable bonds is 5. The third-order valence-corrected chi connectivity index (χ3v) is 6.05. The quantitative estimate of drug-likeness (QED) is 0.294. The van der Waals surface area contributed by atoms with Crippen LogP contribution in [0.1, 0.15) is 37.3 Å². The number of ether oxygens (including phenoxy) is 3. The highest BCUT2D eigenvalue weighted by Crippen LogP contribution is 2.48. The van der Waals surface area contributed by atoms with Crippen molar-refractivity contribution < 1.29 is 33.6 Å². The van der Waals surface area contributed by atoms with Gasteiger partial charge < -0.3 is 28.8 Å². The van der Waals surface area contributed by atoms with Gasteiger partial charge in [0.05, 0.1) is 19.6 Å². The number of phenolic OH excluding ortho intramolecular Hbond substituents is 2. The Labute approximate surface area is 206 Å². The molecule has 8 nitrogen and oxygen atoms in total. The minimum atomic E-state index is -0.554.